The Morgan fingerprint density at radius 3 is 2.33 bits per heavy atom. The Morgan fingerprint density at radius 1 is 1.06 bits per heavy atom. The van der Waals surface area contributed by atoms with E-state index in [1.54, 1.807) is 6.07 Å². The van der Waals surface area contributed by atoms with E-state index in [0.29, 0.717) is 10.0 Å². The zero-order valence-electron chi connectivity index (χ0n) is 9.75. The SMILES string of the molecule is CC(Nc1ccc(Cl)cc1)c1ccc(F)cc1Cl. The van der Waals surface area contributed by atoms with E-state index < -0.39 is 0 Å². The van der Waals surface area contributed by atoms with E-state index in [4.69, 9.17) is 23.2 Å². The van der Waals surface area contributed by atoms with Crippen molar-refractivity contribution in [2.45, 2.75) is 13.0 Å². The van der Waals surface area contributed by atoms with Crippen molar-refractivity contribution >= 4 is 28.9 Å². The molecule has 0 aromatic heterocycles. The van der Waals surface area contributed by atoms with E-state index in [1.165, 1.54) is 12.1 Å². The van der Waals surface area contributed by atoms with Crippen LogP contribution in [0.3, 0.4) is 0 Å². The summed E-state index contributed by atoms with van der Waals surface area (Å²) < 4.78 is 13.0. The molecule has 0 saturated heterocycles. The van der Waals surface area contributed by atoms with Gasteiger partial charge < -0.3 is 5.32 Å². The lowest BCUT2D eigenvalue weighted by molar-refractivity contribution is 0.626. The molecular formula is C14H12Cl2FN. The Hall–Kier alpha value is -1.25. The number of benzene rings is 2. The first-order valence-electron chi connectivity index (χ1n) is 5.53. The van der Waals surface area contributed by atoms with Crippen molar-refractivity contribution in [2.24, 2.45) is 0 Å². The van der Waals surface area contributed by atoms with Crippen LogP contribution in [-0.2, 0) is 0 Å². The Balaban J connectivity index is 2.16. The number of anilines is 1. The maximum absolute atomic E-state index is 13.0. The summed E-state index contributed by atoms with van der Waals surface area (Å²) >= 11 is 11.8. The molecule has 2 aromatic carbocycles. The van der Waals surface area contributed by atoms with Crippen LogP contribution in [0, 0.1) is 5.82 Å². The molecule has 0 bridgehead atoms. The van der Waals surface area contributed by atoms with Crippen molar-refractivity contribution < 1.29 is 4.39 Å². The first kappa shape index (κ1) is 13.2. The molecule has 0 aliphatic heterocycles. The predicted molar refractivity (Wildman–Crippen MR) is 74.9 cm³/mol. The van der Waals surface area contributed by atoms with Gasteiger partial charge in [0.05, 0.1) is 0 Å². The van der Waals surface area contributed by atoms with Gasteiger partial charge in [-0.3, -0.25) is 0 Å². The maximum Gasteiger partial charge on any atom is 0.124 e. The van der Waals surface area contributed by atoms with Crippen LogP contribution < -0.4 is 5.32 Å². The molecule has 0 amide bonds. The van der Waals surface area contributed by atoms with Gasteiger partial charge in [-0.15, -0.1) is 0 Å². The van der Waals surface area contributed by atoms with Gasteiger partial charge in [0.15, 0.2) is 0 Å². The van der Waals surface area contributed by atoms with Crippen LogP contribution in [0.1, 0.15) is 18.5 Å². The molecule has 0 radical (unpaired) electrons. The maximum atomic E-state index is 13.0. The molecular weight excluding hydrogens is 272 g/mol. The molecule has 1 N–H and O–H groups in total. The van der Waals surface area contributed by atoms with Crippen LogP contribution >= 0.6 is 23.2 Å². The van der Waals surface area contributed by atoms with Crippen LogP contribution in [-0.4, -0.2) is 0 Å². The van der Waals surface area contributed by atoms with Crippen LogP contribution in [0.25, 0.3) is 0 Å². The van der Waals surface area contributed by atoms with Crippen molar-refractivity contribution in [2.75, 3.05) is 5.32 Å². The van der Waals surface area contributed by atoms with Gasteiger partial charge in [0.2, 0.25) is 0 Å². The molecule has 0 aliphatic carbocycles. The molecule has 0 aliphatic rings. The summed E-state index contributed by atoms with van der Waals surface area (Å²) in [7, 11) is 0. The van der Waals surface area contributed by atoms with E-state index in [2.05, 4.69) is 5.32 Å². The fourth-order valence-corrected chi connectivity index (χ4v) is 2.18. The number of halogens is 3. The summed E-state index contributed by atoms with van der Waals surface area (Å²) in [5.74, 6) is -0.331. The molecule has 1 atom stereocenters. The fraction of sp³-hybridized carbons (Fsp3) is 0.143. The molecule has 2 rings (SSSR count). The third kappa shape index (κ3) is 3.15. The van der Waals surface area contributed by atoms with Gasteiger partial charge in [-0.25, -0.2) is 4.39 Å². The molecule has 0 saturated carbocycles. The molecule has 0 spiro atoms. The smallest absolute Gasteiger partial charge is 0.124 e. The molecule has 94 valence electrons. The second-order valence-corrected chi connectivity index (χ2v) is 4.88. The molecule has 18 heavy (non-hydrogen) atoms. The minimum atomic E-state index is -0.331. The van der Waals surface area contributed by atoms with Gasteiger partial charge in [0, 0.05) is 21.8 Å². The highest BCUT2D eigenvalue weighted by Gasteiger charge is 2.10. The third-order valence-electron chi connectivity index (χ3n) is 2.66. The Morgan fingerprint density at radius 2 is 1.72 bits per heavy atom. The van der Waals surface area contributed by atoms with E-state index in [0.717, 1.165) is 11.3 Å². The second-order valence-electron chi connectivity index (χ2n) is 4.04. The largest absolute Gasteiger partial charge is 0.378 e. The molecule has 1 unspecified atom stereocenters. The van der Waals surface area contributed by atoms with Crippen LogP contribution in [0.2, 0.25) is 10.0 Å². The summed E-state index contributed by atoms with van der Waals surface area (Å²) in [6, 6.07) is 11.8. The van der Waals surface area contributed by atoms with E-state index in [9.17, 15) is 4.39 Å². The summed E-state index contributed by atoms with van der Waals surface area (Å²) in [4.78, 5) is 0. The number of nitrogens with one attached hydrogen (secondary N) is 1. The number of hydrogen-bond acceptors (Lipinski definition) is 1. The topological polar surface area (TPSA) is 12.0 Å². The summed E-state index contributed by atoms with van der Waals surface area (Å²) in [6.07, 6.45) is 0. The average Bonchev–Trinajstić information content (AvgIpc) is 2.32. The van der Waals surface area contributed by atoms with Gasteiger partial charge in [-0.2, -0.15) is 0 Å². The highest BCUT2D eigenvalue weighted by molar-refractivity contribution is 6.31. The lowest BCUT2D eigenvalue weighted by Crippen LogP contribution is -2.07. The first-order chi connectivity index (χ1) is 8.56. The van der Waals surface area contributed by atoms with Gasteiger partial charge in [-0.05, 0) is 48.9 Å². The van der Waals surface area contributed by atoms with Crippen LogP contribution in [0.5, 0.6) is 0 Å². The molecule has 1 nitrogen and oxygen atoms in total. The van der Waals surface area contributed by atoms with E-state index in [1.807, 2.05) is 31.2 Å². The Kier molecular flexibility index (Phi) is 4.10. The molecule has 4 heteroatoms. The lowest BCUT2D eigenvalue weighted by atomic mass is 10.1. The lowest BCUT2D eigenvalue weighted by Gasteiger charge is -2.17. The summed E-state index contributed by atoms with van der Waals surface area (Å²) in [5.41, 5.74) is 1.79. The zero-order chi connectivity index (χ0) is 13.1. The Labute approximate surface area is 116 Å². The highest BCUT2D eigenvalue weighted by Crippen LogP contribution is 2.27. The minimum Gasteiger partial charge on any atom is -0.378 e. The van der Waals surface area contributed by atoms with Gasteiger partial charge >= 0.3 is 0 Å². The summed E-state index contributed by atoms with van der Waals surface area (Å²) in [5, 5.41) is 4.39. The first-order valence-corrected chi connectivity index (χ1v) is 6.29. The minimum absolute atomic E-state index is 0.0146. The van der Waals surface area contributed by atoms with Crippen LogP contribution in [0.4, 0.5) is 10.1 Å². The fourth-order valence-electron chi connectivity index (χ4n) is 1.73. The standard InChI is InChI=1S/C14H12Cl2FN/c1-9(13-7-4-11(17)8-14(13)16)18-12-5-2-10(15)3-6-12/h2-9,18H,1H3. The molecule has 0 fully saturated rings. The monoisotopic (exact) mass is 283 g/mol. The van der Waals surface area contributed by atoms with Gasteiger partial charge in [-0.1, -0.05) is 29.3 Å². The van der Waals surface area contributed by atoms with Gasteiger partial charge in [0.25, 0.3) is 0 Å². The quantitative estimate of drug-likeness (QED) is 0.805. The summed E-state index contributed by atoms with van der Waals surface area (Å²) in [6.45, 7) is 1.97. The number of rotatable bonds is 3. The average molecular weight is 284 g/mol. The third-order valence-corrected chi connectivity index (χ3v) is 3.24. The normalized spacial score (nSPS) is 12.2. The van der Waals surface area contributed by atoms with Crippen LogP contribution in [0.15, 0.2) is 42.5 Å². The Bertz CT molecular complexity index is 540. The second kappa shape index (κ2) is 5.59. The van der Waals surface area contributed by atoms with Crippen molar-refractivity contribution in [1.29, 1.82) is 0 Å². The highest BCUT2D eigenvalue weighted by atomic mass is 35.5. The van der Waals surface area contributed by atoms with E-state index >= 15 is 0 Å². The molecule has 2 aromatic rings. The van der Waals surface area contributed by atoms with Gasteiger partial charge in [0.1, 0.15) is 5.82 Å². The molecule has 0 heterocycles. The van der Waals surface area contributed by atoms with Crippen molar-refractivity contribution in [3.63, 3.8) is 0 Å². The predicted octanol–water partition coefficient (Wildman–Crippen LogP) is 5.31. The number of hydrogen-bond donors (Lipinski definition) is 1. The van der Waals surface area contributed by atoms with Crippen molar-refractivity contribution in [3.05, 3.63) is 63.9 Å². The van der Waals surface area contributed by atoms with Crippen molar-refractivity contribution in [1.82, 2.24) is 0 Å². The zero-order valence-corrected chi connectivity index (χ0v) is 11.3. The van der Waals surface area contributed by atoms with E-state index in [-0.39, 0.29) is 11.9 Å². The van der Waals surface area contributed by atoms with Crippen molar-refractivity contribution in [3.8, 4) is 0 Å².